The van der Waals surface area contributed by atoms with Crippen LogP contribution in [0.2, 0.25) is 0 Å². The molecule has 0 heterocycles. The van der Waals surface area contributed by atoms with Gasteiger partial charge < -0.3 is 18.9 Å². The van der Waals surface area contributed by atoms with Crippen LogP contribution in [0.25, 0.3) is 0 Å². The highest BCUT2D eigenvalue weighted by molar-refractivity contribution is 7.47. The van der Waals surface area contributed by atoms with Crippen LogP contribution in [0.4, 0.5) is 0 Å². The van der Waals surface area contributed by atoms with Crippen LogP contribution < -0.4 is 0 Å². The smallest absolute Gasteiger partial charge is 0.462 e. The van der Waals surface area contributed by atoms with E-state index < -0.39 is 26.5 Å². The van der Waals surface area contributed by atoms with Gasteiger partial charge in [-0.25, -0.2) is 4.57 Å². The number of carbonyl (C=O) groups excluding carboxylic acids is 2. The highest BCUT2D eigenvalue weighted by Gasteiger charge is 2.27. The fourth-order valence-electron chi connectivity index (χ4n) is 5.18. The number of allylic oxidation sites excluding steroid dienone is 2. The molecule has 0 amide bonds. The van der Waals surface area contributed by atoms with E-state index in [2.05, 4.69) is 26.0 Å². The number of esters is 2. The van der Waals surface area contributed by atoms with Crippen LogP contribution >= 0.6 is 7.82 Å². The second kappa shape index (κ2) is 31.7. The fraction of sp³-hybridized carbons (Fsp3) is 0.895. The summed E-state index contributed by atoms with van der Waals surface area (Å²) in [6, 6.07) is 0. The number of unbranched alkanes of at least 4 members (excludes halogenated alkanes) is 19. The molecule has 9 nitrogen and oxygen atoms in total. The van der Waals surface area contributed by atoms with Crippen LogP contribution in [0.5, 0.6) is 0 Å². The van der Waals surface area contributed by atoms with Gasteiger partial charge in [0.2, 0.25) is 0 Å². The maximum absolute atomic E-state index is 12.6. The molecule has 0 rings (SSSR count). The van der Waals surface area contributed by atoms with E-state index in [0.717, 1.165) is 51.4 Å². The lowest BCUT2D eigenvalue weighted by molar-refractivity contribution is -0.870. The van der Waals surface area contributed by atoms with Crippen molar-refractivity contribution in [2.45, 2.75) is 174 Å². The van der Waals surface area contributed by atoms with Crippen molar-refractivity contribution in [2.75, 3.05) is 47.5 Å². The Morgan fingerprint density at radius 3 is 1.54 bits per heavy atom. The van der Waals surface area contributed by atoms with Crippen LogP contribution in [0.3, 0.4) is 0 Å². The van der Waals surface area contributed by atoms with Gasteiger partial charge in [-0.1, -0.05) is 129 Å². The van der Waals surface area contributed by atoms with Gasteiger partial charge in [-0.15, -0.1) is 0 Å². The summed E-state index contributed by atoms with van der Waals surface area (Å²) in [5, 5.41) is 0. The zero-order valence-electron chi connectivity index (χ0n) is 31.7. The van der Waals surface area contributed by atoms with Crippen molar-refractivity contribution in [3.05, 3.63) is 12.2 Å². The van der Waals surface area contributed by atoms with E-state index in [9.17, 15) is 19.0 Å². The number of quaternary nitrogens is 1. The maximum atomic E-state index is 12.6. The van der Waals surface area contributed by atoms with Crippen LogP contribution in [-0.4, -0.2) is 74.9 Å². The van der Waals surface area contributed by atoms with Gasteiger partial charge in [0.15, 0.2) is 6.10 Å². The van der Waals surface area contributed by atoms with Gasteiger partial charge in [-0.2, -0.15) is 0 Å². The Morgan fingerprint density at radius 2 is 1.06 bits per heavy atom. The summed E-state index contributed by atoms with van der Waals surface area (Å²) in [5.74, 6) is -0.809. The Balaban J connectivity index is 4.39. The van der Waals surface area contributed by atoms with E-state index in [1.807, 2.05) is 21.1 Å². The lowest BCUT2D eigenvalue weighted by atomic mass is 10.1. The van der Waals surface area contributed by atoms with Crippen molar-refractivity contribution < 1.29 is 42.1 Å². The molecule has 0 bridgehead atoms. The minimum absolute atomic E-state index is 0.0326. The molecule has 48 heavy (non-hydrogen) atoms. The minimum Gasteiger partial charge on any atom is -0.462 e. The monoisotopic (exact) mass is 705 g/mol. The molecule has 2 atom stereocenters. The average Bonchev–Trinajstić information content (AvgIpc) is 3.02. The molecule has 0 aromatic rings. The van der Waals surface area contributed by atoms with Crippen molar-refractivity contribution >= 4 is 19.8 Å². The first-order chi connectivity index (χ1) is 23.0. The molecule has 0 aromatic heterocycles. The van der Waals surface area contributed by atoms with Gasteiger partial charge in [0.25, 0.3) is 0 Å². The topological polar surface area (TPSA) is 108 Å². The number of hydrogen-bond acceptors (Lipinski definition) is 7. The number of likely N-dealkylation sites (N-methyl/N-ethyl adjacent to an activating group) is 1. The third-order valence-electron chi connectivity index (χ3n) is 8.30. The van der Waals surface area contributed by atoms with E-state index in [-0.39, 0.29) is 32.0 Å². The molecule has 0 saturated heterocycles. The zero-order valence-corrected chi connectivity index (χ0v) is 32.6. The second-order valence-electron chi connectivity index (χ2n) is 14.3. The predicted molar refractivity (Wildman–Crippen MR) is 197 cm³/mol. The van der Waals surface area contributed by atoms with E-state index in [0.29, 0.717) is 17.4 Å². The predicted octanol–water partition coefficient (Wildman–Crippen LogP) is 10.2. The number of carbonyl (C=O) groups is 2. The molecule has 0 aliphatic heterocycles. The third-order valence-corrected chi connectivity index (χ3v) is 9.28. The summed E-state index contributed by atoms with van der Waals surface area (Å²) < 4.78 is 34.1. The SMILES string of the molecule is CCCCCCCCC/C=C\CCCCCCCC(=O)OC(COC(=O)CCCCCCCCCC)COP(=O)(O)OCC[N+](C)(C)C. The minimum atomic E-state index is -4.36. The summed E-state index contributed by atoms with van der Waals surface area (Å²) in [4.78, 5) is 35.1. The standard InChI is InChI=1S/C38H74NO8P/c1-6-8-10-12-14-16-17-18-19-20-21-22-23-25-27-29-31-38(41)47-36(35-46-48(42,43)45-33-32-39(3,4)5)34-44-37(40)30-28-26-24-15-13-11-9-7-2/h19-20,36H,6-18,21-35H2,1-5H3/p+1/b20-19-. The number of phosphoric ester groups is 1. The summed E-state index contributed by atoms with van der Waals surface area (Å²) in [6.45, 7) is 4.37. The highest BCUT2D eigenvalue weighted by atomic mass is 31.2. The molecule has 0 radical (unpaired) electrons. The van der Waals surface area contributed by atoms with E-state index >= 15 is 0 Å². The molecule has 0 fully saturated rings. The first kappa shape index (κ1) is 46.8. The van der Waals surface area contributed by atoms with Gasteiger partial charge in [-0.05, 0) is 38.5 Å². The molecule has 0 spiro atoms. The van der Waals surface area contributed by atoms with Gasteiger partial charge in [0.05, 0.1) is 27.7 Å². The number of nitrogens with zero attached hydrogens (tertiary/aromatic N) is 1. The molecule has 2 unspecified atom stereocenters. The van der Waals surface area contributed by atoms with E-state index in [1.165, 1.54) is 83.5 Å². The fourth-order valence-corrected chi connectivity index (χ4v) is 5.93. The van der Waals surface area contributed by atoms with Gasteiger partial charge in [0, 0.05) is 12.8 Å². The number of ether oxygens (including phenoxy) is 2. The van der Waals surface area contributed by atoms with Crippen LogP contribution in [-0.2, 0) is 32.7 Å². The van der Waals surface area contributed by atoms with E-state index in [1.54, 1.807) is 0 Å². The summed E-state index contributed by atoms with van der Waals surface area (Å²) in [6.07, 6.45) is 29.8. The molecule has 0 aromatic carbocycles. The normalized spacial score (nSPS) is 13.9. The van der Waals surface area contributed by atoms with Crippen molar-refractivity contribution in [2.24, 2.45) is 0 Å². The number of phosphoric acid groups is 1. The van der Waals surface area contributed by atoms with Crippen molar-refractivity contribution in [3.63, 3.8) is 0 Å². The Hall–Kier alpha value is -1.25. The summed E-state index contributed by atoms with van der Waals surface area (Å²) in [7, 11) is 1.47. The zero-order chi connectivity index (χ0) is 35.8. The Kier molecular flexibility index (Phi) is 30.9. The van der Waals surface area contributed by atoms with Crippen molar-refractivity contribution in [1.82, 2.24) is 0 Å². The lowest BCUT2D eigenvalue weighted by Gasteiger charge is -2.24. The Bertz CT molecular complexity index is 845. The number of rotatable bonds is 35. The van der Waals surface area contributed by atoms with Crippen molar-refractivity contribution in [1.29, 1.82) is 0 Å². The quantitative estimate of drug-likeness (QED) is 0.0228. The lowest BCUT2D eigenvalue weighted by Crippen LogP contribution is -2.37. The third kappa shape index (κ3) is 34.6. The largest absolute Gasteiger partial charge is 0.472 e. The molecule has 0 aliphatic rings. The summed E-state index contributed by atoms with van der Waals surface area (Å²) >= 11 is 0. The molecule has 284 valence electrons. The maximum Gasteiger partial charge on any atom is 0.472 e. The Morgan fingerprint density at radius 1 is 0.625 bits per heavy atom. The Labute approximate surface area is 295 Å². The number of hydrogen-bond donors (Lipinski definition) is 1. The first-order valence-electron chi connectivity index (χ1n) is 19.4. The van der Waals surface area contributed by atoms with Gasteiger partial charge in [0.1, 0.15) is 19.8 Å². The van der Waals surface area contributed by atoms with Gasteiger partial charge >= 0.3 is 19.8 Å². The molecular formula is C38H75NO8P+. The molecule has 10 heteroatoms. The van der Waals surface area contributed by atoms with Crippen molar-refractivity contribution in [3.8, 4) is 0 Å². The second-order valence-corrected chi connectivity index (χ2v) is 15.8. The van der Waals surface area contributed by atoms with Crippen LogP contribution in [0.15, 0.2) is 12.2 Å². The highest BCUT2D eigenvalue weighted by Crippen LogP contribution is 2.43. The molecule has 0 saturated carbocycles. The van der Waals surface area contributed by atoms with Crippen LogP contribution in [0.1, 0.15) is 168 Å². The van der Waals surface area contributed by atoms with Gasteiger partial charge in [-0.3, -0.25) is 18.6 Å². The van der Waals surface area contributed by atoms with E-state index in [4.69, 9.17) is 18.5 Å². The average molecular weight is 705 g/mol. The van der Waals surface area contributed by atoms with Crippen LogP contribution in [0, 0.1) is 0 Å². The first-order valence-corrected chi connectivity index (χ1v) is 20.9. The molecule has 1 N–H and O–H groups in total. The molecule has 0 aliphatic carbocycles. The summed E-state index contributed by atoms with van der Waals surface area (Å²) in [5.41, 5.74) is 0. The molecular weight excluding hydrogens is 629 g/mol.